The van der Waals surface area contributed by atoms with Gasteiger partial charge >= 0.3 is 0 Å². The van der Waals surface area contributed by atoms with Crippen molar-refractivity contribution in [3.05, 3.63) is 90.5 Å². The number of hydrogen-bond donors (Lipinski definition) is 1. The number of fused-ring (bicyclic) bond motifs is 1. The molecule has 3 heterocycles. The number of amides is 3. The number of rotatable bonds is 13. The second kappa shape index (κ2) is 13.3. The van der Waals surface area contributed by atoms with Gasteiger partial charge < -0.3 is 19.8 Å². The van der Waals surface area contributed by atoms with Gasteiger partial charge in [0.05, 0.1) is 39.9 Å². The van der Waals surface area contributed by atoms with Gasteiger partial charge in [-0.25, -0.2) is 0 Å². The molecule has 5 rings (SSSR count). The van der Waals surface area contributed by atoms with Crippen molar-refractivity contribution in [2.24, 2.45) is 11.8 Å². The van der Waals surface area contributed by atoms with Gasteiger partial charge in [0.1, 0.15) is 6.04 Å². The number of carbonyl (C=O) groups excluding carboxylic acids is 3. The number of carbonyl (C=O) groups is 3. The molecular formula is C34H40ClN3O4S. The Balaban J connectivity index is 1.61. The molecule has 1 N–H and O–H groups in total. The molecule has 0 saturated carbocycles. The number of halogens is 1. The zero-order valence-electron chi connectivity index (χ0n) is 24.6. The van der Waals surface area contributed by atoms with Crippen molar-refractivity contribution in [3.8, 4) is 0 Å². The molecule has 3 saturated heterocycles. The summed E-state index contributed by atoms with van der Waals surface area (Å²) in [5.41, 5.74) is 1.49. The van der Waals surface area contributed by atoms with Crippen molar-refractivity contribution in [3.63, 3.8) is 0 Å². The minimum atomic E-state index is -0.881. The number of aliphatic hydroxyl groups excluding tert-OH is 1. The van der Waals surface area contributed by atoms with Gasteiger partial charge in [-0.05, 0) is 43.4 Å². The van der Waals surface area contributed by atoms with Crippen LogP contribution in [-0.2, 0) is 20.8 Å². The van der Waals surface area contributed by atoms with Crippen LogP contribution in [0.4, 0.5) is 5.69 Å². The summed E-state index contributed by atoms with van der Waals surface area (Å²) in [7, 11) is 0. The maximum Gasteiger partial charge on any atom is 0.251 e. The molecule has 3 fully saturated rings. The summed E-state index contributed by atoms with van der Waals surface area (Å²) in [4.78, 5) is 48.7. The summed E-state index contributed by atoms with van der Waals surface area (Å²) >= 11 is 8.23. The maximum atomic E-state index is 14.9. The van der Waals surface area contributed by atoms with Gasteiger partial charge in [0.25, 0.3) is 5.91 Å². The molecule has 2 aromatic rings. The second-order valence-corrected chi connectivity index (χ2v) is 13.6. The van der Waals surface area contributed by atoms with E-state index in [9.17, 15) is 19.5 Å². The van der Waals surface area contributed by atoms with Crippen LogP contribution in [0.1, 0.15) is 31.7 Å². The monoisotopic (exact) mass is 621 g/mol. The fourth-order valence-corrected chi connectivity index (χ4v) is 9.80. The van der Waals surface area contributed by atoms with E-state index in [4.69, 9.17) is 11.6 Å². The minimum Gasteiger partial charge on any atom is -0.394 e. The second-order valence-electron chi connectivity index (χ2n) is 11.6. The van der Waals surface area contributed by atoms with E-state index in [1.165, 1.54) is 0 Å². The van der Waals surface area contributed by atoms with Gasteiger partial charge in [-0.15, -0.1) is 24.9 Å². The zero-order chi connectivity index (χ0) is 30.7. The molecule has 6 atom stereocenters. The van der Waals surface area contributed by atoms with Gasteiger partial charge in [-0.2, -0.15) is 0 Å². The Labute approximate surface area is 263 Å². The third kappa shape index (κ3) is 5.54. The maximum absolute atomic E-state index is 14.9. The number of nitrogens with zero attached hydrogens (tertiary/aromatic N) is 3. The molecule has 3 amide bonds. The Morgan fingerprint density at radius 1 is 1.12 bits per heavy atom. The molecule has 3 aliphatic rings. The number of hydrogen-bond acceptors (Lipinski definition) is 5. The van der Waals surface area contributed by atoms with Crippen molar-refractivity contribution >= 4 is 46.8 Å². The third-order valence-corrected chi connectivity index (χ3v) is 11.3. The minimum absolute atomic E-state index is 0.0510. The topological polar surface area (TPSA) is 81.2 Å². The van der Waals surface area contributed by atoms with Gasteiger partial charge in [0.2, 0.25) is 11.8 Å². The van der Waals surface area contributed by atoms with Crippen LogP contribution >= 0.6 is 23.4 Å². The fraction of sp³-hybridized carbons (Fsp3) is 0.441. The first-order valence-electron chi connectivity index (χ1n) is 15.0. The summed E-state index contributed by atoms with van der Waals surface area (Å²) in [5.74, 6) is -1.75. The van der Waals surface area contributed by atoms with Crippen molar-refractivity contribution in [1.82, 2.24) is 9.80 Å². The highest BCUT2D eigenvalue weighted by molar-refractivity contribution is 8.02. The Bertz CT molecular complexity index is 1370. The standard InChI is InChI=1S/C34H40ClN3O4S/c1-4-18-36(19-5-2)31(40)28-27-16-17-34(43-27)29(28)32(41)38(24(22-39)21-23-12-8-7-9-13-23)30(34)33(42)37(20-6-3)26-15-11-10-14-25(26)35/h4,6-15,24,27-30,39H,1,3,5,16-22H2,2H3/t24-,27-,28+,29+,30?,34?/m1/s1. The lowest BCUT2D eigenvalue weighted by molar-refractivity contribution is -0.145. The number of benzene rings is 2. The third-order valence-electron chi connectivity index (χ3n) is 9.05. The van der Waals surface area contributed by atoms with E-state index in [0.29, 0.717) is 36.6 Å². The lowest BCUT2D eigenvalue weighted by Gasteiger charge is -2.40. The number of anilines is 1. The van der Waals surface area contributed by atoms with Gasteiger partial charge in [-0.3, -0.25) is 14.4 Å². The fourth-order valence-electron chi connectivity index (χ4n) is 7.36. The Morgan fingerprint density at radius 2 is 1.81 bits per heavy atom. The summed E-state index contributed by atoms with van der Waals surface area (Å²) in [6.45, 7) is 10.6. The van der Waals surface area contributed by atoms with E-state index in [1.54, 1.807) is 56.8 Å². The first kappa shape index (κ1) is 31.4. The van der Waals surface area contributed by atoms with E-state index in [1.807, 2.05) is 43.3 Å². The Kier molecular flexibility index (Phi) is 9.69. The molecule has 43 heavy (non-hydrogen) atoms. The van der Waals surface area contributed by atoms with E-state index < -0.39 is 28.7 Å². The van der Waals surface area contributed by atoms with Crippen molar-refractivity contribution in [2.75, 3.05) is 31.1 Å². The molecule has 1 spiro atoms. The number of aliphatic hydroxyl groups is 1. The van der Waals surface area contributed by atoms with E-state index in [2.05, 4.69) is 13.2 Å². The zero-order valence-corrected chi connectivity index (χ0v) is 26.2. The first-order chi connectivity index (χ1) is 20.8. The summed E-state index contributed by atoms with van der Waals surface area (Å²) in [5, 5.41) is 11.1. The quantitative estimate of drug-likeness (QED) is 0.319. The molecule has 9 heteroatoms. The van der Waals surface area contributed by atoms with Crippen LogP contribution < -0.4 is 4.90 Å². The predicted octanol–water partition coefficient (Wildman–Crippen LogP) is 4.98. The van der Waals surface area contributed by atoms with Gasteiger partial charge in [0, 0.05) is 24.9 Å². The first-order valence-corrected chi connectivity index (χ1v) is 16.3. The van der Waals surface area contributed by atoms with Crippen molar-refractivity contribution < 1.29 is 19.5 Å². The Hall–Kier alpha value is -3.07. The molecule has 2 aromatic carbocycles. The van der Waals surface area contributed by atoms with Gasteiger partial charge in [-0.1, -0.05) is 73.1 Å². The van der Waals surface area contributed by atoms with E-state index in [-0.39, 0.29) is 36.1 Å². The summed E-state index contributed by atoms with van der Waals surface area (Å²) in [6.07, 6.45) is 5.92. The lowest BCUT2D eigenvalue weighted by Crippen LogP contribution is -2.58. The molecule has 228 valence electrons. The van der Waals surface area contributed by atoms with Crippen LogP contribution in [0.5, 0.6) is 0 Å². The van der Waals surface area contributed by atoms with Crippen LogP contribution in [0, 0.1) is 11.8 Å². The molecule has 0 aromatic heterocycles. The average molecular weight is 622 g/mol. The molecule has 0 aliphatic carbocycles. The van der Waals surface area contributed by atoms with Crippen LogP contribution in [0.25, 0.3) is 0 Å². The highest BCUT2D eigenvalue weighted by Gasteiger charge is 2.74. The molecule has 3 aliphatic heterocycles. The van der Waals surface area contributed by atoms with E-state index >= 15 is 0 Å². The molecule has 2 bridgehead atoms. The van der Waals surface area contributed by atoms with Crippen LogP contribution in [0.2, 0.25) is 5.02 Å². The SMILES string of the molecule is C=CCN(CCC)C(=O)[C@@H]1[C@H]2C(=O)N([C@@H](CO)Cc3ccccc3)C(C(=O)N(CC=C)c3ccccc3Cl)C23CC[C@H]1S3. The van der Waals surface area contributed by atoms with Crippen LogP contribution in [0.15, 0.2) is 79.9 Å². The molecular weight excluding hydrogens is 582 g/mol. The van der Waals surface area contributed by atoms with Crippen LogP contribution in [0.3, 0.4) is 0 Å². The number of para-hydroxylation sites is 1. The van der Waals surface area contributed by atoms with Crippen molar-refractivity contribution in [1.29, 1.82) is 0 Å². The van der Waals surface area contributed by atoms with Crippen molar-refractivity contribution in [2.45, 2.75) is 54.7 Å². The molecule has 7 nitrogen and oxygen atoms in total. The normalized spacial score (nSPS) is 26.2. The van der Waals surface area contributed by atoms with E-state index in [0.717, 1.165) is 18.4 Å². The predicted molar refractivity (Wildman–Crippen MR) is 173 cm³/mol. The number of likely N-dealkylation sites (tertiary alicyclic amines) is 1. The average Bonchev–Trinajstić information content (AvgIpc) is 3.66. The largest absolute Gasteiger partial charge is 0.394 e. The number of thioether (sulfide) groups is 1. The Morgan fingerprint density at radius 3 is 2.47 bits per heavy atom. The smallest absolute Gasteiger partial charge is 0.251 e. The molecule has 0 radical (unpaired) electrons. The molecule has 2 unspecified atom stereocenters. The van der Waals surface area contributed by atoms with Gasteiger partial charge in [0.15, 0.2) is 0 Å². The summed E-state index contributed by atoms with van der Waals surface area (Å²) in [6, 6.07) is 15.3. The van der Waals surface area contributed by atoms with Crippen LogP contribution in [-0.4, -0.2) is 80.9 Å². The lowest BCUT2D eigenvalue weighted by atomic mass is 9.70. The highest BCUT2D eigenvalue weighted by Crippen LogP contribution is 2.67. The summed E-state index contributed by atoms with van der Waals surface area (Å²) < 4.78 is -0.796. The highest BCUT2D eigenvalue weighted by atomic mass is 35.5.